The highest BCUT2D eigenvalue weighted by molar-refractivity contribution is 5.89. The Morgan fingerprint density at radius 3 is 2.62 bits per heavy atom. The van der Waals surface area contributed by atoms with E-state index < -0.39 is 0 Å². The van der Waals surface area contributed by atoms with Crippen molar-refractivity contribution < 1.29 is 13.9 Å². The highest BCUT2D eigenvalue weighted by Gasteiger charge is 2.18. The van der Waals surface area contributed by atoms with Crippen LogP contribution < -0.4 is 0 Å². The summed E-state index contributed by atoms with van der Waals surface area (Å²) >= 11 is 0. The van der Waals surface area contributed by atoms with Gasteiger partial charge in [-0.25, -0.2) is 9.37 Å². The molecule has 2 aromatic carbocycles. The fourth-order valence-electron chi connectivity index (χ4n) is 3.08. The van der Waals surface area contributed by atoms with Gasteiger partial charge in [-0.2, -0.15) is 0 Å². The third-order valence-electron chi connectivity index (χ3n) is 4.37. The second-order valence-corrected chi connectivity index (χ2v) is 6.04. The van der Waals surface area contributed by atoms with Crippen molar-refractivity contribution in [1.29, 1.82) is 0 Å². The molecule has 26 heavy (non-hydrogen) atoms. The molecule has 2 aromatic heterocycles. The van der Waals surface area contributed by atoms with Crippen LogP contribution in [0.3, 0.4) is 0 Å². The smallest absolute Gasteiger partial charge is 0.251 e. The zero-order valence-electron chi connectivity index (χ0n) is 14.4. The lowest BCUT2D eigenvalue weighted by Gasteiger charge is -2.03. The number of aromatic hydroxyl groups is 1. The van der Waals surface area contributed by atoms with Crippen LogP contribution in [-0.4, -0.2) is 24.9 Å². The van der Waals surface area contributed by atoms with Crippen LogP contribution in [0, 0.1) is 12.7 Å². The highest BCUT2D eigenvalue weighted by Crippen LogP contribution is 2.35. The van der Waals surface area contributed by atoms with E-state index in [2.05, 4.69) is 15.2 Å². The third kappa shape index (κ3) is 2.71. The maximum Gasteiger partial charge on any atom is 0.251 e. The summed E-state index contributed by atoms with van der Waals surface area (Å²) in [5.41, 5.74) is 2.67. The second-order valence-electron chi connectivity index (χ2n) is 6.04. The van der Waals surface area contributed by atoms with E-state index in [-0.39, 0.29) is 17.5 Å². The number of nitrogens with zero attached hydrogens (tertiary/aromatic N) is 4. The van der Waals surface area contributed by atoms with Gasteiger partial charge in [0.05, 0.1) is 17.5 Å². The molecule has 0 aliphatic carbocycles. The van der Waals surface area contributed by atoms with E-state index >= 15 is 0 Å². The number of aromatic nitrogens is 4. The Hall–Kier alpha value is -3.22. The zero-order valence-corrected chi connectivity index (χ0v) is 14.4. The number of benzene rings is 2. The second kappa shape index (κ2) is 6.25. The van der Waals surface area contributed by atoms with Gasteiger partial charge in [0.2, 0.25) is 5.89 Å². The molecule has 0 radical (unpaired) electrons. The number of halogens is 1. The van der Waals surface area contributed by atoms with Crippen LogP contribution in [0.1, 0.15) is 24.2 Å². The van der Waals surface area contributed by atoms with E-state index in [1.807, 2.05) is 24.5 Å². The Labute approximate surface area is 148 Å². The number of aryl methyl sites for hydroxylation is 2. The lowest BCUT2D eigenvalue weighted by atomic mass is 10.1. The van der Waals surface area contributed by atoms with Gasteiger partial charge in [0.1, 0.15) is 17.2 Å². The average Bonchev–Trinajstić information content (AvgIpc) is 3.21. The lowest BCUT2D eigenvalue weighted by Crippen LogP contribution is -1.96. The van der Waals surface area contributed by atoms with Crippen LogP contribution >= 0.6 is 0 Å². The molecule has 7 heteroatoms. The maximum atomic E-state index is 13.0. The van der Waals surface area contributed by atoms with E-state index in [4.69, 9.17) is 4.42 Å². The molecule has 0 spiro atoms. The summed E-state index contributed by atoms with van der Waals surface area (Å²) in [4.78, 5) is 4.44. The third-order valence-corrected chi connectivity index (χ3v) is 4.37. The van der Waals surface area contributed by atoms with Crippen molar-refractivity contribution in [3.8, 4) is 17.2 Å². The highest BCUT2D eigenvalue weighted by atomic mass is 19.1. The molecule has 0 bridgehead atoms. The summed E-state index contributed by atoms with van der Waals surface area (Å²) in [6.45, 7) is 4.69. The number of phenols is 1. The van der Waals surface area contributed by atoms with Gasteiger partial charge in [0, 0.05) is 6.54 Å². The molecule has 0 amide bonds. The monoisotopic (exact) mass is 352 g/mol. The normalized spacial score (nSPS) is 11.3. The Morgan fingerprint density at radius 1 is 1.12 bits per heavy atom. The predicted molar refractivity (Wildman–Crippen MR) is 94.3 cm³/mol. The minimum absolute atomic E-state index is 0.0229. The van der Waals surface area contributed by atoms with E-state index in [1.165, 1.54) is 12.1 Å². The molecule has 4 aromatic rings. The largest absolute Gasteiger partial charge is 0.505 e. The van der Waals surface area contributed by atoms with Gasteiger partial charge in [0.15, 0.2) is 5.75 Å². The van der Waals surface area contributed by atoms with Gasteiger partial charge in [-0.15, -0.1) is 10.2 Å². The summed E-state index contributed by atoms with van der Waals surface area (Å²) < 4.78 is 20.7. The van der Waals surface area contributed by atoms with Crippen molar-refractivity contribution in [2.45, 2.75) is 26.8 Å². The molecule has 1 N–H and O–H groups in total. The quantitative estimate of drug-likeness (QED) is 0.604. The van der Waals surface area contributed by atoms with Gasteiger partial charge in [-0.3, -0.25) is 0 Å². The van der Waals surface area contributed by atoms with Crippen LogP contribution in [-0.2, 0) is 13.0 Å². The predicted octanol–water partition coefficient (Wildman–Crippen LogP) is 3.85. The van der Waals surface area contributed by atoms with Crippen molar-refractivity contribution in [2.75, 3.05) is 0 Å². The minimum atomic E-state index is -0.292. The number of fused-ring (bicyclic) bond motifs is 1. The first-order valence-corrected chi connectivity index (χ1v) is 8.32. The van der Waals surface area contributed by atoms with E-state index in [9.17, 15) is 9.50 Å². The molecule has 0 aliphatic rings. The first-order valence-electron chi connectivity index (χ1n) is 8.32. The summed E-state index contributed by atoms with van der Waals surface area (Å²) in [5.74, 6) is 1.18. The SMILES string of the molecule is CCn1c(C)nc2c(O)c(-c3nnc(Cc4ccc(F)cc4)o3)ccc21. The Kier molecular flexibility index (Phi) is 3.91. The molecule has 2 heterocycles. The standard InChI is InChI=1S/C19H17FN4O2/c1-3-24-11(2)21-17-15(24)9-8-14(18(17)25)19-23-22-16(26-19)10-12-4-6-13(20)7-5-12/h4-9,25H,3,10H2,1-2H3. The Bertz CT molecular complexity index is 1080. The Morgan fingerprint density at radius 2 is 1.88 bits per heavy atom. The fourth-order valence-corrected chi connectivity index (χ4v) is 3.08. The molecule has 0 saturated carbocycles. The topological polar surface area (TPSA) is 77.0 Å². The summed E-state index contributed by atoms with van der Waals surface area (Å²) in [5, 5.41) is 18.7. The van der Waals surface area contributed by atoms with Crippen LogP contribution in [0.15, 0.2) is 40.8 Å². The molecule has 0 fully saturated rings. The van der Waals surface area contributed by atoms with Gasteiger partial charge in [-0.05, 0) is 43.7 Å². The van der Waals surface area contributed by atoms with Crippen molar-refractivity contribution >= 4 is 11.0 Å². The van der Waals surface area contributed by atoms with E-state index in [1.54, 1.807) is 18.2 Å². The summed E-state index contributed by atoms with van der Waals surface area (Å²) in [6.07, 6.45) is 0.389. The van der Waals surface area contributed by atoms with Gasteiger partial charge in [-0.1, -0.05) is 12.1 Å². The minimum Gasteiger partial charge on any atom is -0.505 e. The van der Waals surface area contributed by atoms with Gasteiger partial charge >= 0.3 is 0 Å². The van der Waals surface area contributed by atoms with Crippen molar-refractivity contribution in [3.05, 3.63) is 59.5 Å². The van der Waals surface area contributed by atoms with E-state index in [0.29, 0.717) is 23.4 Å². The zero-order chi connectivity index (χ0) is 18.3. The first-order chi connectivity index (χ1) is 12.6. The number of phenolic OH excluding ortho intramolecular Hbond substituents is 1. The van der Waals surface area contributed by atoms with Gasteiger partial charge < -0.3 is 14.1 Å². The van der Waals surface area contributed by atoms with Gasteiger partial charge in [0.25, 0.3) is 5.89 Å². The average molecular weight is 352 g/mol. The molecule has 0 aliphatic heterocycles. The molecular formula is C19H17FN4O2. The summed E-state index contributed by atoms with van der Waals surface area (Å²) in [7, 11) is 0. The van der Waals surface area contributed by atoms with Crippen LogP contribution in [0.5, 0.6) is 5.75 Å². The summed E-state index contributed by atoms with van der Waals surface area (Å²) in [6, 6.07) is 9.75. The lowest BCUT2D eigenvalue weighted by molar-refractivity contribution is 0.474. The molecule has 132 valence electrons. The molecule has 6 nitrogen and oxygen atoms in total. The van der Waals surface area contributed by atoms with Crippen molar-refractivity contribution in [2.24, 2.45) is 0 Å². The van der Waals surface area contributed by atoms with E-state index in [0.717, 1.165) is 23.4 Å². The van der Waals surface area contributed by atoms with Crippen molar-refractivity contribution in [1.82, 2.24) is 19.7 Å². The molecule has 0 saturated heterocycles. The van der Waals surface area contributed by atoms with Crippen LogP contribution in [0.25, 0.3) is 22.5 Å². The number of imidazole rings is 1. The number of hydrogen-bond acceptors (Lipinski definition) is 5. The molecular weight excluding hydrogens is 335 g/mol. The number of hydrogen-bond donors (Lipinski definition) is 1. The van der Waals surface area contributed by atoms with Crippen molar-refractivity contribution in [3.63, 3.8) is 0 Å². The fraction of sp³-hybridized carbons (Fsp3) is 0.211. The molecule has 0 atom stereocenters. The molecule has 0 unspecified atom stereocenters. The van der Waals surface area contributed by atoms with Crippen LogP contribution in [0.2, 0.25) is 0 Å². The van der Waals surface area contributed by atoms with Crippen LogP contribution in [0.4, 0.5) is 4.39 Å². The Balaban J connectivity index is 1.69. The maximum absolute atomic E-state index is 13.0. The molecule has 4 rings (SSSR count). The number of rotatable bonds is 4. The first kappa shape index (κ1) is 16.3.